The molecule has 0 aliphatic rings. The van der Waals surface area contributed by atoms with Crippen LogP contribution in [0.2, 0.25) is 9.77 Å². The fraction of sp³-hybridized carbons (Fsp3) is 0.189. The summed E-state index contributed by atoms with van der Waals surface area (Å²) >= 11 is 8.92. The number of benzene rings is 5. The standard InChI is InChI=1S/C37H38ClGeO3PS/c1-29(2)40-43(44,41-36-26-24-32(38)25-27-36)42-37(31-16-8-4-9-17-31)28-30(3)39(33-18-10-5-11-19-33,34-20-12-6-13-21-34)35-22-14-7-15-23-35/h4-27,29-30,37H,28H2,1-3H3. The summed E-state index contributed by atoms with van der Waals surface area (Å²) < 4.78 is 24.1. The fourth-order valence-corrected chi connectivity index (χ4v) is 20.1. The van der Waals surface area contributed by atoms with Crippen molar-refractivity contribution >= 4 is 56.6 Å². The second-order valence-corrected chi connectivity index (χ2v) is 23.6. The Morgan fingerprint density at radius 3 is 1.48 bits per heavy atom. The van der Waals surface area contributed by atoms with Crippen molar-refractivity contribution in [2.75, 3.05) is 0 Å². The van der Waals surface area contributed by atoms with Crippen LogP contribution < -0.4 is 17.7 Å². The molecule has 0 spiro atoms. The molecule has 3 nitrogen and oxygen atoms in total. The maximum atomic E-state index is 6.92. The fourth-order valence-electron chi connectivity index (χ4n) is 5.97. The summed E-state index contributed by atoms with van der Waals surface area (Å²) in [5, 5.41) is 0.623. The van der Waals surface area contributed by atoms with Crippen LogP contribution in [0.25, 0.3) is 0 Å². The van der Waals surface area contributed by atoms with Gasteiger partial charge in [-0.25, -0.2) is 0 Å². The van der Waals surface area contributed by atoms with Crippen molar-refractivity contribution in [1.82, 2.24) is 0 Å². The van der Waals surface area contributed by atoms with Gasteiger partial charge in [0.05, 0.1) is 0 Å². The molecule has 0 radical (unpaired) electrons. The first-order valence-electron chi connectivity index (χ1n) is 14.9. The molecule has 0 bridgehead atoms. The van der Waals surface area contributed by atoms with Crippen molar-refractivity contribution in [2.24, 2.45) is 0 Å². The average molecular weight is 702 g/mol. The van der Waals surface area contributed by atoms with E-state index in [4.69, 9.17) is 37.0 Å². The Bertz CT molecular complexity index is 1540. The van der Waals surface area contributed by atoms with Crippen LogP contribution in [-0.4, -0.2) is 19.4 Å². The van der Waals surface area contributed by atoms with Crippen LogP contribution in [0, 0.1) is 0 Å². The molecule has 3 atom stereocenters. The molecule has 44 heavy (non-hydrogen) atoms. The summed E-state index contributed by atoms with van der Waals surface area (Å²) in [6.07, 6.45) is 0.188. The van der Waals surface area contributed by atoms with E-state index in [0.29, 0.717) is 10.8 Å². The van der Waals surface area contributed by atoms with Gasteiger partial charge >= 0.3 is 276 Å². The molecule has 7 heteroatoms. The van der Waals surface area contributed by atoms with Gasteiger partial charge in [-0.15, -0.1) is 0 Å². The van der Waals surface area contributed by atoms with E-state index in [-0.39, 0.29) is 17.0 Å². The monoisotopic (exact) mass is 702 g/mol. The Labute approximate surface area is 274 Å². The van der Waals surface area contributed by atoms with Crippen LogP contribution in [0.3, 0.4) is 0 Å². The van der Waals surface area contributed by atoms with Crippen LogP contribution in [0.1, 0.15) is 38.9 Å². The average Bonchev–Trinajstić information content (AvgIpc) is 3.04. The molecule has 0 saturated heterocycles. The maximum absolute atomic E-state index is 6.92. The van der Waals surface area contributed by atoms with Crippen molar-refractivity contribution in [3.63, 3.8) is 0 Å². The second kappa shape index (κ2) is 15.1. The third-order valence-corrected chi connectivity index (χ3v) is 21.8. The van der Waals surface area contributed by atoms with Crippen LogP contribution in [-0.2, 0) is 20.9 Å². The Morgan fingerprint density at radius 1 is 0.614 bits per heavy atom. The molecule has 0 N–H and O–H groups in total. The Morgan fingerprint density at radius 2 is 1.05 bits per heavy atom. The Balaban J connectivity index is 1.62. The van der Waals surface area contributed by atoms with Gasteiger partial charge in [0.25, 0.3) is 0 Å². The number of hydrogen-bond donors (Lipinski definition) is 0. The Hall–Kier alpha value is -2.70. The van der Waals surface area contributed by atoms with Crippen molar-refractivity contribution in [3.8, 4) is 5.75 Å². The van der Waals surface area contributed by atoms with Crippen LogP contribution in [0.5, 0.6) is 5.75 Å². The number of rotatable bonds is 13. The van der Waals surface area contributed by atoms with E-state index >= 15 is 0 Å². The van der Waals surface area contributed by atoms with E-state index in [9.17, 15) is 0 Å². The van der Waals surface area contributed by atoms with Gasteiger partial charge in [0.1, 0.15) is 0 Å². The molecule has 0 fully saturated rings. The van der Waals surface area contributed by atoms with Gasteiger partial charge in [0.15, 0.2) is 0 Å². The normalized spacial score (nSPS) is 14.5. The van der Waals surface area contributed by atoms with Gasteiger partial charge in [0.2, 0.25) is 0 Å². The number of hydrogen-bond acceptors (Lipinski definition) is 4. The zero-order valence-corrected chi connectivity index (χ0v) is 29.8. The van der Waals surface area contributed by atoms with Crippen LogP contribution >= 0.6 is 18.3 Å². The van der Waals surface area contributed by atoms with Crippen LogP contribution in [0.4, 0.5) is 0 Å². The van der Waals surface area contributed by atoms with Crippen molar-refractivity contribution in [3.05, 3.63) is 156 Å². The molecule has 0 aromatic heterocycles. The third kappa shape index (κ3) is 7.74. The summed E-state index contributed by atoms with van der Waals surface area (Å²) in [5.74, 6) is 0.572. The minimum absolute atomic E-state index is 0.184. The van der Waals surface area contributed by atoms with Crippen molar-refractivity contribution in [2.45, 2.75) is 44.2 Å². The second-order valence-electron chi connectivity index (χ2n) is 11.2. The van der Waals surface area contributed by atoms with E-state index in [0.717, 1.165) is 12.0 Å². The summed E-state index contributed by atoms with van der Waals surface area (Å²) in [5.41, 5.74) is 1.05. The topological polar surface area (TPSA) is 27.7 Å². The van der Waals surface area contributed by atoms with Crippen molar-refractivity contribution in [1.29, 1.82) is 0 Å². The van der Waals surface area contributed by atoms with Gasteiger partial charge in [-0.3, -0.25) is 0 Å². The molecule has 5 rings (SSSR count). The molecule has 3 unspecified atom stereocenters. The third-order valence-electron chi connectivity index (χ3n) is 7.79. The first kappa shape index (κ1) is 32.7. The Kier molecular flexibility index (Phi) is 11.2. The summed E-state index contributed by atoms with van der Waals surface area (Å²) in [6.45, 7) is 3.05. The molecule has 0 heterocycles. The molecule has 0 amide bonds. The van der Waals surface area contributed by atoms with Gasteiger partial charge < -0.3 is 0 Å². The summed E-state index contributed by atoms with van der Waals surface area (Å²) in [6, 6.07) is 50.6. The van der Waals surface area contributed by atoms with E-state index in [2.05, 4.69) is 110 Å². The van der Waals surface area contributed by atoms with Gasteiger partial charge in [-0.2, -0.15) is 0 Å². The summed E-state index contributed by atoms with van der Waals surface area (Å²) in [7, 11) is 0. The summed E-state index contributed by atoms with van der Waals surface area (Å²) in [4.78, 5) is 0. The molecule has 0 saturated carbocycles. The minimum atomic E-state index is -3.36. The predicted molar refractivity (Wildman–Crippen MR) is 191 cm³/mol. The molecule has 5 aromatic rings. The van der Waals surface area contributed by atoms with Gasteiger partial charge in [-0.1, -0.05) is 0 Å². The number of halogens is 1. The van der Waals surface area contributed by atoms with Crippen molar-refractivity contribution < 1.29 is 13.6 Å². The van der Waals surface area contributed by atoms with Crippen LogP contribution in [0.15, 0.2) is 146 Å². The quantitative estimate of drug-likeness (QED) is 0.0905. The first-order valence-corrected chi connectivity index (χ1v) is 22.2. The SMILES string of the molecule is CC(C)OP(=S)(Oc1ccc(Cl)cc1)OC(C[CH](C)[Ge]([c]1ccccc1)([c]1ccccc1)[c]1ccccc1)c1ccccc1. The molecule has 0 aliphatic heterocycles. The van der Waals surface area contributed by atoms with E-state index in [1.54, 1.807) is 24.3 Å². The first-order chi connectivity index (χ1) is 21.3. The zero-order chi connectivity index (χ0) is 31.0. The zero-order valence-electron chi connectivity index (χ0n) is 25.3. The van der Waals surface area contributed by atoms with E-state index < -0.39 is 20.0 Å². The van der Waals surface area contributed by atoms with E-state index in [1.807, 2.05) is 32.0 Å². The molecular weight excluding hydrogens is 664 g/mol. The molecule has 5 aromatic carbocycles. The van der Waals surface area contributed by atoms with E-state index in [1.165, 1.54) is 13.2 Å². The molecule has 226 valence electrons. The van der Waals surface area contributed by atoms with Gasteiger partial charge in [0, 0.05) is 0 Å². The van der Waals surface area contributed by atoms with Gasteiger partial charge in [-0.05, 0) is 0 Å². The molecule has 0 aliphatic carbocycles. The molecular formula is C37H38ClGeO3PS. The predicted octanol–water partition coefficient (Wildman–Crippen LogP) is 9.08.